The zero-order valence-corrected chi connectivity index (χ0v) is 12.8. The van der Waals surface area contributed by atoms with Crippen LogP contribution >= 0.6 is 0 Å². The first-order valence-corrected chi connectivity index (χ1v) is 7.74. The van der Waals surface area contributed by atoms with Crippen LogP contribution in [0.1, 0.15) is 13.3 Å². The van der Waals surface area contributed by atoms with Gasteiger partial charge in [-0.1, -0.05) is 6.92 Å². The van der Waals surface area contributed by atoms with Gasteiger partial charge in [0, 0.05) is 32.7 Å². The molecule has 21 heavy (non-hydrogen) atoms. The van der Waals surface area contributed by atoms with E-state index in [-0.39, 0.29) is 0 Å². The molecule has 1 aliphatic rings. The Labute approximate surface area is 126 Å². The first-order valence-electron chi connectivity index (χ1n) is 7.74. The maximum Gasteiger partial charge on any atom is 0.119 e. The Bertz CT molecular complexity index is 391. The molecular weight excluding hydrogens is 268 g/mol. The van der Waals surface area contributed by atoms with Crippen molar-refractivity contribution in [1.29, 1.82) is 0 Å². The molecule has 2 rings (SSSR count). The van der Waals surface area contributed by atoms with E-state index in [0.717, 1.165) is 50.7 Å². The Hall–Kier alpha value is -1.30. The number of ether oxygens (including phenoxy) is 2. The van der Waals surface area contributed by atoms with Gasteiger partial charge in [0.15, 0.2) is 0 Å². The lowest BCUT2D eigenvalue weighted by Crippen LogP contribution is -2.47. The quantitative estimate of drug-likeness (QED) is 0.752. The lowest BCUT2D eigenvalue weighted by molar-refractivity contribution is 0.0641. The van der Waals surface area contributed by atoms with Gasteiger partial charge in [-0.05, 0) is 30.7 Å². The van der Waals surface area contributed by atoms with E-state index in [1.54, 1.807) is 0 Å². The summed E-state index contributed by atoms with van der Waals surface area (Å²) in [7, 11) is 0. The van der Waals surface area contributed by atoms with Gasteiger partial charge in [0.05, 0.1) is 6.61 Å². The van der Waals surface area contributed by atoms with E-state index in [1.807, 2.05) is 24.3 Å². The smallest absolute Gasteiger partial charge is 0.119 e. The molecule has 1 saturated heterocycles. The van der Waals surface area contributed by atoms with Crippen LogP contribution < -0.4 is 14.8 Å². The monoisotopic (exact) mass is 294 g/mol. The summed E-state index contributed by atoms with van der Waals surface area (Å²) in [6, 6.07) is 7.55. The maximum absolute atomic E-state index is 10.0. The highest BCUT2D eigenvalue weighted by Crippen LogP contribution is 2.17. The van der Waals surface area contributed by atoms with Gasteiger partial charge < -0.3 is 19.9 Å². The second-order valence-corrected chi connectivity index (χ2v) is 5.34. The molecule has 1 aromatic rings. The van der Waals surface area contributed by atoms with Crippen LogP contribution in [0.3, 0.4) is 0 Å². The van der Waals surface area contributed by atoms with Gasteiger partial charge >= 0.3 is 0 Å². The second-order valence-electron chi connectivity index (χ2n) is 5.34. The largest absolute Gasteiger partial charge is 0.494 e. The van der Waals surface area contributed by atoms with Crippen LogP contribution in [-0.4, -0.2) is 62.0 Å². The van der Waals surface area contributed by atoms with Crippen LogP contribution in [0.5, 0.6) is 11.5 Å². The SMILES string of the molecule is CCCOc1ccc(OCC(O)CN2CCNCC2)cc1. The fraction of sp³-hybridized carbons (Fsp3) is 0.625. The van der Waals surface area contributed by atoms with Gasteiger partial charge in [-0.15, -0.1) is 0 Å². The molecule has 0 bridgehead atoms. The van der Waals surface area contributed by atoms with Crippen molar-refractivity contribution in [3.8, 4) is 11.5 Å². The molecule has 1 atom stereocenters. The van der Waals surface area contributed by atoms with E-state index >= 15 is 0 Å². The summed E-state index contributed by atoms with van der Waals surface area (Å²) >= 11 is 0. The van der Waals surface area contributed by atoms with Crippen molar-refractivity contribution in [2.75, 3.05) is 45.9 Å². The summed E-state index contributed by atoms with van der Waals surface area (Å²) in [5, 5.41) is 13.3. The number of hydrogen-bond donors (Lipinski definition) is 2. The Morgan fingerprint density at radius 1 is 1.14 bits per heavy atom. The minimum Gasteiger partial charge on any atom is -0.494 e. The summed E-state index contributed by atoms with van der Waals surface area (Å²) in [6.07, 6.45) is 0.537. The van der Waals surface area contributed by atoms with Gasteiger partial charge in [0.1, 0.15) is 24.2 Å². The highest BCUT2D eigenvalue weighted by Gasteiger charge is 2.14. The fourth-order valence-electron chi connectivity index (χ4n) is 2.29. The molecular formula is C16H26N2O3. The second kappa shape index (κ2) is 8.87. The van der Waals surface area contributed by atoms with Crippen molar-refractivity contribution in [3.05, 3.63) is 24.3 Å². The Kier molecular flexibility index (Phi) is 6.79. The molecule has 2 N–H and O–H groups in total. The topological polar surface area (TPSA) is 54.0 Å². The summed E-state index contributed by atoms with van der Waals surface area (Å²) in [6.45, 7) is 7.75. The van der Waals surface area contributed by atoms with Gasteiger partial charge in [-0.3, -0.25) is 4.90 Å². The van der Waals surface area contributed by atoms with E-state index in [0.29, 0.717) is 13.2 Å². The Morgan fingerprint density at radius 3 is 2.38 bits per heavy atom. The first kappa shape index (κ1) is 16.1. The lowest BCUT2D eigenvalue weighted by atomic mass is 10.3. The van der Waals surface area contributed by atoms with Crippen LogP contribution in [0.2, 0.25) is 0 Å². The van der Waals surface area contributed by atoms with Crippen LogP contribution in [0.25, 0.3) is 0 Å². The molecule has 1 heterocycles. The van der Waals surface area contributed by atoms with Crippen molar-refractivity contribution in [1.82, 2.24) is 10.2 Å². The maximum atomic E-state index is 10.0. The van der Waals surface area contributed by atoms with Crippen molar-refractivity contribution < 1.29 is 14.6 Å². The molecule has 5 nitrogen and oxygen atoms in total. The van der Waals surface area contributed by atoms with Crippen LogP contribution in [-0.2, 0) is 0 Å². The Morgan fingerprint density at radius 2 is 1.76 bits per heavy atom. The van der Waals surface area contributed by atoms with Crippen molar-refractivity contribution in [2.24, 2.45) is 0 Å². The van der Waals surface area contributed by atoms with Gasteiger partial charge in [-0.25, -0.2) is 0 Å². The number of piperazine rings is 1. The fourth-order valence-corrected chi connectivity index (χ4v) is 2.29. The summed E-state index contributed by atoms with van der Waals surface area (Å²) < 4.78 is 11.1. The zero-order chi connectivity index (χ0) is 14.9. The first-order chi connectivity index (χ1) is 10.3. The third-order valence-corrected chi connectivity index (χ3v) is 3.42. The molecule has 0 aliphatic carbocycles. The Balaban J connectivity index is 1.69. The van der Waals surface area contributed by atoms with Crippen molar-refractivity contribution in [2.45, 2.75) is 19.4 Å². The van der Waals surface area contributed by atoms with Crippen LogP contribution in [0.15, 0.2) is 24.3 Å². The summed E-state index contributed by atoms with van der Waals surface area (Å²) in [5.74, 6) is 1.61. The van der Waals surface area contributed by atoms with Crippen LogP contribution in [0.4, 0.5) is 0 Å². The van der Waals surface area contributed by atoms with Gasteiger partial charge in [0.25, 0.3) is 0 Å². The van der Waals surface area contributed by atoms with E-state index in [2.05, 4.69) is 17.1 Å². The third kappa shape index (κ3) is 5.91. The molecule has 0 spiro atoms. The average Bonchev–Trinajstić information content (AvgIpc) is 2.53. The van der Waals surface area contributed by atoms with Crippen LogP contribution in [0, 0.1) is 0 Å². The van der Waals surface area contributed by atoms with Crippen molar-refractivity contribution in [3.63, 3.8) is 0 Å². The molecule has 5 heteroatoms. The number of aliphatic hydroxyl groups excluding tert-OH is 1. The lowest BCUT2D eigenvalue weighted by Gasteiger charge is -2.29. The highest BCUT2D eigenvalue weighted by molar-refractivity contribution is 5.31. The van der Waals surface area contributed by atoms with Gasteiger partial charge in [-0.2, -0.15) is 0 Å². The number of aliphatic hydroxyl groups is 1. The predicted molar refractivity (Wildman–Crippen MR) is 83.0 cm³/mol. The minimum absolute atomic E-state index is 0.319. The van der Waals surface area contributed by atoms with E-state index < -0.39 is 6.10 Å². The number of nitrogens with one attached hydrogen (secondary N) is 1. The summed E-state index contributed by atoms with van der Waals surface area (Å²) in [5.41, 5.74) is 0. The number of rotatable bonds is 8. The number of hydrogen-bond acceptors (Lipinski definition) is 5. The zero-order valence-electron chi connectivity index (χ0n) is 12.8. The molecule has 1 aromatic carbocycles. The number of nitrogens with zero attached hydrogens (tertiary/aromatic N) is 1. The molecule has 0 aromatic heterocycles. The predicted octanol–water partition coefficient (Wildman–Crippen LogP) is 1.12. The standard InChI is InChI=1S/C16H26N2O3/c1-2-11-20-15-3-5-16(6-4-15)21-13-14(19)12-18-9-7-17-8-10-18/h3-6,14,17,19H,2,7-13H2,1H3. The van der Waals surface area contributed by atoms with Crippen molar-refractivity contribution >= 4 is 0 Å². The van der Waals surface area contributed by atoms with E-state index in [4.69, 9.17) is 9.47 Å². The van der Waals surface area contributed by atoms with E-state index in [9.17, 15) is 5.11 Å². The molecule has 0 radical (unpaired) electrons. The average molecular weight is 294 g/mol. The highest BCUT2D eigenvalue weighted by atomic mass is 16.5. The van der Waals surface area contributed by atoms with E-state index in [1.165, 1.54) is 0 Å². The molecule has 1 aliphatic heterocycles. The third-order valence-electron chi connectivity index (χ3n) is 3.42. The summed E-state index contributed by atoms with van der Waals surface area (Å²) in [4.78, 5) is 2.26. The molecule has 1 fully saturated rings. The molecule has 1 unspecified atom stereocenters. The number of β-amino-alcohol motifs (C(OH)–C–C–N with tert-alkyl or cyclic N) is 1. The number of benzene rings is 1. The molecule has 118 valence electrons. The van der Waals surface area contributed by atoms with Gasteiger partial charge in [0.2, 0.25) is 0 Å². The molecule has 0 amide bonds. The molecule has 0 saturated carbocycles. The normalized spacial score (nSPS) is 17.4. The minimum atomic E-state index is -0.459.